The van der Waals surface area contributed by atoms with Crippen molar-refractivity contribution in [1.29, 1.82) is 0 Å². The standard InChI is InChI=1S/C16H28N2O3/c1-3-16(4-2,11-19)10-17-14(20)13-6-5-9-18(13)15(21)12-7-8-12/h12-13,19H,3-11H2,1-2H3,(H,17,20). The number of carbonyl (C=O) groups excluding carboxylic acids is 2. The van der Waals surface area contributed by atoms with E-state index >= 15 is 0 Å². The molecule has 0 bridgehead atoms. The first-order valence-corrected chi connectivity index (χ1v) is 8.26. The van der Waals surface area contributed by atoms with E-state index in [2.05, 4.69) is 5.32 Å². The molecule has 1 aliphatic carbocycles. The predicted octanol–water partition coefficient (Wildman–Crippen LogP) is 1.30. The van der Waals surface area contributed by atoms with E-state index in [1.165, 1.54) is 0 Å². The number of aliphatic hydroxyl groups excluding tert-OH is 1. The molecule has 120 valence electrons. The zero-order valence-electron chi connectivity index (χ0n) is 13.2. The number of nitrogens with one attached hydrogen (secondary N) is 1. The minimum atomic E-state index is -0.303. The molecule has 1 atom stereocenters. The normalized spacial score (nSPS) is 22.4. The zero-order valence-corrected chi connectivity index (χ0v) is 13.2. The monoisotopic (exact) mass is 296 g/mol. The highest BCUT2D eigenvalue weighted by Gasteiger charge is 2.41. The number of rotatable bonds is 7. The molecular formula is C16H28N2O3. The van der Waals surface area contributed by atoms with Crippen LogP contribution in [0, 0.1) is 11.3 Å². The van der Waals surface area contributed by atoms with Gasteiger partial charge in [0.25, 0.3) is 0 Å². The molecule has 2 N–H and O–H groups in total. The summed E-state index contributed by atoms with van der Waals surface area (Å²) in [6.07, 6.45) is 5.27. The molecule has 0 spiro atoms. The average Bonchev–Trinajstić information content (AvgIpc) is 3.25. The van der Waals surface area contributed by atoms with Gasteiger partial charge in [0.15, 0.2) is 0 Å². The summed E-state index contributed by atoms with van der Waals surface area (Å²) in [5.74, 6) is 0.273. The Morgan fingerprint density at radius 2 is 1.90 bits per heavy atom. The lowest BCUT2D eigenvalue weighted by molar-refractivity contribution is -0.139. The molecule has 1 saturated carbocycles. The van der Waals surface area contributed by atoms with Crippen LogP contribution in [0.5, 0.6) is 0 Å². The highest BCUT2D eigenvalue weighted by atomic mass is 16.3. The summed E-state index contributed by atoms with van der Waals surface area (Å²) < 4.78 is 0. The summed E-state index contributed by atoms with van der Waals surface area (Å²) in [4.78, 5) is 26.4. The second-order valence-corrected chi connectivity index (χ2v) is 6.55. The van der Waals surface area contributed by atoms with Gasteiger partial charge in [0.1, 0.15) is 6.04 Å². The van der Waals surface area contributed by atoms with Gasteiger partial charge in [-0.1, -0.05) is 13.8 Å². The summed E-state index contributed by atoms with van der Waals surface area (Å²) in [5, 5.41) is 12.5. The van der Waals surface area contributed by atoms with E-state index < -0.39 is 0 Å². The Balaban J connectivity index is 1.91. The van der Waals surface area contributed by atoms with Crippen molar-refractivity contribution in [2.75, 3.05) is 19.7 Å². The number of nitrogens with zero attached hydrogens (tertiary/aromatic N) is 1. The van der Waals surface area contributed by atoms with Gasteiger partial charge in [0, 0.05) is 24.4 Å². The number of likely N-dealkylation sites (tertiary alicyclic amines) is 1. The van der Waals surface area contributed by atoms with Crippen LogP contribution < -0.4 is 5.32 Å². The first kappa shape index (κ1) is 16.3. The molecule has 1 saturated heterocycles. The molecule has 1 unspecified atom stereocenters. The summed E-state index contributed by atoms with van der Waals surface area (Å²) in [6, 6.07) is -0.303. The highest BCUT2D eigenvalue weighted by Crippen LogP contribution is 2.33. The lowest BCUT2D eigenvalue weighted by atomic mass is 9.83. The molecule has 0 aromatic carbocycles. The fraction of sp³-hybridized carbons (Fsp3) is 0.875. The Kier molecular flexibility index (Phi) is 5.25. The first-order chi connectivity index (χ1) is 10.1. The van der Waals surface area contributed by atoms with Gasteiger partial charge < -0.3 is 15.3 Å². The number of hydrogen-bond donors (Lipinski definition) is 2. The molecule has 0 aromatic rings. The van der Waals surface area contributed by atoms with Crippen LogP contribution in [0.15, 0.2) is 0 Å². The zero-order chi connectivity index (χ0) is 15.5. The van der Waals surface area contributed by atoms with Crippen LogP contribution in [0.25, 0.3) is 0 Å². The number of hydrogen-bond acceptors (Lipinski definition) is 3. The van der Waals surface area contributed by atoms with Crippen molar-refractivity contribution < 1.29 is 14.7 Å². The molecule has 5 nitrogen and oxygen atoms in total. The van der Waals surface area contributed by atoms with Gasteiger partial charge in [0.2, 0.25) is 11.8 Å². The van der Waals surface area contributed by atoms with Crippen molar-refractivity contribution >= 4 is 11.8 Å². The van der Waals surface area contributed by atoms with E-state index in [9.17, 15) is 14.7 Å². The fourth-order valence-corrected chi connectivity index (χ4v) is 3.04. The first-order valence-electron chi connectivity index (χ1n) is 8.26. The molecule has 0 radical (unpaired) electrons. The average molecular weight is 296 g/mol. The lowest BCUT2D eigenvalue weighted by Crippen LogP contribution is -2.49. The van der Waals surface area contributed by atoms with E-state index in [0.717, 1.165) is 38.5 Å². The van der Waals surface area contributed by atoms with E-state index in [0.29, 0.717) is 13.1 Å². The van der Waals surface area contributed by atoms with Crippen molar-refractivity contribution in [2.24, 2.45) is 11.3 Å². The van der Waals surface area contributed by atoms with Gasteiger partial charge in [0.05, 0.1) is 6.61 Å². The van der Waals surface area contributed by atoms with Gasteiger partial charge in [-0.25, -0.2) is 0 Å². The molecule has 1 aliphatic heterocycles. The van der Waals surface area contributed by atoms with Crippen LogP contribution in [-0.2, 0) is 9.59 Å². The Morgan fingerprint density at radius 1 is 1.24 bits per heavy atom. The Bertz CT molecular complexity index is 381. The van der Waals surface area contributed by atoms with Crippen molar-refractivity contribution in [1.82, 2.24) is 10.2 Å². The molecule has 5 heteroatoms. The highest BCUT2D eigenvalue weighted by molar-refractivity contribution is 5.90. The third-order valence-electron chi connectivity index (χ3n) is 5.24. The second-order valence-electron chi connectivity index (χ2n) is 6.55. The maximum Gasteiger partial charge on any atom is 0.242 e. The van der Waals surface area contributed by atoms with Gasteiger partial charge in [-0.3, -0.25) is 9.59 Å². The Hall–Kier alpha value is -1.10. The predicted molar refractivity (Wildman–Crippen MR) is 80.6 cm³/mol. The maximum absolute atomic E-state index is 12.4. The topological polar surface area (TPSA) is 69.6 Å². The third kappa shape index (κ3) is 3.57. The lowest BCUT2D eigenvalue weighted by Gasteiger charge is -2.31. The molecule has 2 rings (SSSR count). The summed E-state index contributed by atoms with van der Waals surface area (Å²) in [7, 11) is 0. The van der Waals surface area contributed by atoms with Crippen LogP contribution in [0.2, 0.25) is 0 Å². The summed E-state index contributed by atoms with van der Waals surface area (Å²) >= 11 is 0. The van der Waals surface area contributed by atoms with Crippen LogP contribution in [0.4, 0.5) is 0 Å². The van der Waals surface area contributed by atoms with Crippen LogP contribution in [0.1, 0.15) is 52.4 Å². The van der Waals surface area contributed by atoms with Crippen LogP contribution in [-0.4, -0.2) is 47.6 Å². The second kappa shape index (κ2) is 6.77. The smallest absolute Gasteiger partial charge is 0.242 e. The van der Waals surface area contributed by atoms with Crippen LogP contribution in [0.3, 0.4) is 0 Å². The summed E-state index contributed by atoms with van der Waals surface area (Å²) in [5.41, 5.74) is -0.237. The van der Waals surface area contributed by atoms with Gasteiger partial charge in [-0.2, -0.15) is 0 Å². The molecule has 21 heavy (non-hydrogen) atoms. The molecule has 1 heterocycles. The van der Waals surface area contributed by atoms with E-state index in [1.54, 1.807) is 4.90 Å². The largest absolute Gasteiger partial charge is 0.396 e. The van der Waals surface area contributed by atoms with Crippen molar-refractivity contribution in [3.05, 3.63) is 0 Å². The van der Waals surface area contributed by atoms with Crippen molar-refractivity contribution in [2.45, 2.75) is 58.4 Å². The summed E-state index contributed by atoms with van der Waals surface area (Å²) in [6.45, 7) is 5.34. The third-order valence-corrected chi connectivity index (χ3v) is 5.24. The Labute approximate surface area is 127 Å². The van der Waals surface area contributed by atoms with Gasteiger partial charge >= 0.3 is 0 Å². The van der Waals surface area contributed by atoms with E-state index in [1.807, 2.05) is 13.8 Å². The quantitative estimate of drug-likeness (QED) is 0.744. The number of amides is 2. The van der Waals surface area contributed by atoms with E-state index in [-0.39, 0.29) is 35.8 Å². The molecular weight excluding hydrogens is 268 g/mol. The van der Waals surface area contributed by atoms with E-state index in [4.69, 9.17) is 0 Å². The molecule has 0 aromatic heterocycles. The maximum atomic E-state index is 12.4. The van der Waals surface area contributed by atoms with Crippen molar-refractivity contribution in [3.8, 4) is 0 Å². The fourth-order valence-electron chi connectivity index (χ4n) is 3.04. The minimum Gasteiger partial charge on any atom is -0.396 e. The SMILES string of the molecule is CCC(CC)(CO)CNC(=O)C1CCCN1C(=O)C1CC1. The molecule has 2 fully saturated rings. The Morgan fingerprint density at radius 3 is 2.43 bits per heavy atom. The van der Waals surface area contributed by atoms with Gasteiger partial charge in [-0.15, -0.1) is 0 Å². The van der Waals surface area contributed by atoms with Gasteiger partial charge in [-0.05, 0) is 38.5 Å². The minimum absolute atomic E-state index is 0.0544. The number of carbonyl (C=O) groups is 2. The van der Waals surface area contributed by atoms with Crippen LogP contribution >= 0.6 is 0 Å². The molecule has 2 amide bonds. The molecule has 2 aliphatic rings. The number of aliphatic hydroxyl groups is 1. The van der Waals surface area contributed by atoms with Crippen molar-refractivity contribution in [3.63, 3.8) is 0 Å².